The molecule has 7 heteroatoms. The number of nitrogens with two attached hydrogens (primary N) is 1. The minimum absolute atomic E-state index is 0.0123. The number of rotatable bonds is 3. The van der Waals surface area contributed by atoms with E-state index in [1.165, 1.54) is 6.20 Å². The van der Waals surface area contributed by atoms with E-state index in [0.717, 1.165) is 10.8 Å². The van der Waals surface area contributed by atoms with E-state index < -0.39 is 10.0 Å². The summed E-state index contributed by atoms with van der Waals surface area (Å²) >= 11 is 0. The number of aromatic amines is 1. The first-order chi connectivity index (χ1) is 9.56. The molecular weight excluding hydrogens is 276 g/mol. The number of hydrogen-bond acceptors (Lipinski definition) is 4. The third-order valence-corrected chi connectivity index (χ3v) is 4.33. The SMILES string of the molecule is Nc1[nH]ncc1S(=O)(=O)Nc1ccc2ccccc2c1. The lowest BCUT2D eigenvalue weighted by atomic mass is 10.1. The van der Waals surface area contributed by atoms with E-state index in [1.807, 2.05) is 30.3 Å². The van der Waals surface area contributed by atoms with Gasteiger partial charge in [-0.3, -0.25) is 9.82 Å². The molecule has 0 aliphatic rings. The molecule has 3 rings (SSSR count). The first-order valence-corrected chi connectivity index (χ1v) is 7.35. The van der Waals surface area contributed by atoms with Crippen LogP contribution in [0.15, 0.2) is 53.6 Å². The average Bonchev–Trinajstić information content (AvgIpc) is 2.85. The van der Waals surface area contributed by atoms with Crippen LogP contribution in [-0.4, -0.2) is 18.6 Å². The van der Waals surface area contributed by atoms with Crippen molar-refractivity contribution in [3.05, 3.63) is 48.7 Å². The highest BCUT2D eigenvalue weighted by Crippen LogP contribution is 2.23. The van der Waals surface area contributed by atoms with Crippen LogP contribution in [-0.2, 0) is 10.0 Å². The molecule has 0 saturated heterocycles. The van der Waals surface area contributed by atoms with Gasteiger partial charge >= 0.3 is 0 Å². The van der Waals surface area contributed by atoms with Crippen molar-refractivity contribution in [3.8, 4) is 0 Å². The molecule has 0 fully saturated rings. The van der Waals surface area contributed by atoms with Crippen LogP contribution in [0, 0.1) is 0 Å². The maximum atomic E-state index is 12.2. The van der Waals surface area contributed by atoms with E-state index in [9.17, 15) is 8.42 Å². The largest absolute Gasteiger partial charge is 0.383 e. The van der Waals surface area contributed by atoms with Crippen LogP contribution in [0.4, 0.5) is 11.5 Å². The molecule has 0 unspecified atom stereocenters. The van der Waals surface area contributed by atoms with Crippen molar-refractivity contribution in [2.45, 2.75) is 4.90 Å². The van der Waals surface area contributed by atoms with Crippen LogP contribution in [0.1, 0.15) is 0 Å². The molecule has 0 saturated carbocycles. The minimum Gasteiger partial charge on any atom is -0.383 e. The molecule has 0 amide bonds. The number of benzene rings is 2. The van der Waals surface area contributed by atoms with Crippen molar-refractivity contribution >= 4 is 32.3 Å². The molecule has 20 heavy (non-hydrogen) atoms. The highest BCUT2D eigenvalue weighted by atomic mass is 32.2. The summed E-state index contributed by atoms with van der Waals surface area (Å²) in [4.78, 5) is -0.0642. The van der Waals surface area contributed by atoms with Gasteiger partial charge in [-0.1, -0.05) is 30.3 Å². The van der Waals surface area contributed by atoms with Crippen molar-refractivity contribution in [2.75, 3.05) is 10.5 Å². The van der Waals surface area contributed by atoms with Gasteiger partial charge in [0.15, 0.2) is 0 Å². The topological polar surface area (TPSA) is 101 Å². The fraction of sp³-hybridized carbons (Fsp3) is 0. The zero-order chi connectivity index (χ0) is 14.2. The lowest BCUT2D eigenvalue weighted by molar-refractivity contribution is 0.601. The summed E-state index contributed by atoms with van der Waals surface area (Å²) in [6.07, 6.45) is 1.18. The molecule has 0 aliphatic carbocycles. The monoisotopic (exact) mass is 288 g/mol. The summed E-state index contributed by atoms with van der Waals surface area (Å²) in [5.41, 5.74) is 6.01. The molecule has 6 nitrogen and oxygen atoms in total. The van der Waals surface area contributed by atoms with E-state index in [-0.39, 0.29) is 10.7 Å². The first-order valence-electron chi connectivity index (χ1n) is 5.87. The van der Waals surface area contributed by atoms with E-state index in [1.54, 1.807) is 12.1 Å². The zero-order valence-corrected chi connectivity index (χ0v) is 11.2. The van der Waals surface area contributed by atoms with Gasteiger partial charge in [0, 0.05) is 5.69 Å². The predicted molar refractivity (Wildman–Crippen MR) is 77.8 cm³/mol. The summed E-state index contributed by atoms with van der Waals surface area (Å²) in [7, 11) is -3.74. The molecule has 4 N–H and O–H groups in total. The van der Waals surface area contributed by atoms with E-state index in [0.29, 0.717) is 5.69 Å². The third kappa shape index (κ3) is 2.19. The van der Waals surface area contributed by atoms with Crippen molar-refractivity contribution in [2.24, 2.45) is 0 Å². The molecule has 1 aromatic heterocycles. The summed E-state index contributed by atoms with van der Waals surface area (Å²) in [5, 5.41) is 8.00. The standard InChI is InChI=1S/C13H12N4O2S/c14-13-12(8-15-16-13)20(18,19)17-11-6-5-9-3-1-2-4-10(9)7-11/h1-8,17H,(H3,14,15,16). The number of nitrogens with zero attached hydrogens (tertiary/aromatic N) is 1. The van der Waals surface area contributed by atoms with Gasteiger partial charge in [0.05, 0.1) is 6.20 Å². The molecule has 102 valence electrons. The summed E-state index contributed by atoms with van der Waals surface area (Å²) in [6.45, 7) is 0. The maximum absolute atomic E-state index is 12.2. The molecule has 0 atom stereocenters. The summed E-state index contributed by atoms with van der Waals surface area (Å²) in [5.74, 6) is 0.0123. The molecule has 0 aliphatic heterocycles. The Bertz CT molecular complexity index is 871. The van der Waals surface area contributed by atoms with Crippen molar-refractivity contribution in [1.29, 1.82) is 0 Å². The Morgan fingerprint density at radius 2 is 1.85 bits per heavy atom. The predicted octanol–water partition coefficient (Wildman–Crippen LogP) is 1.95. The van der Waals surface area contributed by atoms with Gasteiger partial charge in [0.1, 0.15) is 10.7 Å². The van der Waals surface area contributed by atoms with E-state index in [4.69, 9.17) is 5.73 Å². The highest BCUT2D eigenvalue weighted by Gasteiger charge is 2.19. The molecule has 1 heterocycles. The number of nitrogens with one attached hydrogen (secondary N) is 2. The van der Waals surface area contributed by atoms with Gasteiger partial charge in [0.2, 0.25) is 0 Å². The van der Waals surface area contributed by atoms with Crippen molar-refractivity contribution < 1.29 is 8.42 Å². The van der Waals surface area contributed by atoms with Crippen molar-refractivity contribution in [3.63, 3.8) is 0 Å². The number of H-pyrrole nitrogens is 1. The number of fused-ring (bicyclic) bond motifs is 1. The summed E-state index contributed by atoms with van der Waals surface area (Å²) < 4.78 is 26.8. The van der Waals surface area contributed by atoms with Gasteiger partial charge < -0.3 is 5.73 Å². The van der Waals surface area contributed by atoms with Gasteiger partial charge in [0.25, 0.3) is 10.0 Å². The number of anilines is 2. The zero-order valence-electron chi connectivity index (χ0n) is 10.4. The second-order valence-corrected chi connectivity index (χ2v) is 5.97. The Morgan fingerprint density at radius 1 is 1.10 bits per heavy atom. The van der Waals surface area contributed by atoms with Crippen LogP contribution in [0.2, 0.25) is 0 Å². The quantitative estimate of drug-likeness (QED) is 0.685. The second-order valence-electron chi connectivity index (χ2n) is 4.32. The highest BCUT2D eigenvalue weighted by molar-refractivity contribution is 7.92. The fourth-order valence-corrected chi connectivity index (χ4v) is 3.04. The molecule has 0 spiro atoms. The first kappa shape index (κ1) is 12.5. The van der Waals surface area contributed by atoms with Crippen molar-refractivity contribution in [1.82, 2.24) is 10.2 Å². The lowest BCUT2D eigenvalue weighted by Crippen LogP contribution is -2.13. The number of hydrogen-bond donors (Lipinski definition) is 3. The molecule has 2 aromatic carbocycles. The minimum atomic E-state index is -3.74. The smallest absolute Gasteiger partial charge is 0.267 e. The Morgan fingerprint density at radius 3 is 2.55 bits per heavy atom. The van der Waals surface area contributed by atoms with Gasteiger partial charge in [-0.05, 0) is 22.9 Å². The maximum Gasteiger partial charge on any atom is 0.267 e. The van der Waals surface area contributed by atoms with Gasteiger partial charge in [-0.15, -0.1) is 0 Å². The second kappa shape index (κ2) is 4.53. The van der Waals surface area contributed by atoms with Crippen LogP contribution < -0.4 is 10.5 Å². The molecule has 0 radical (unpaired) electrons. The Hall–Kier alpha value is -2.54. The summed E-state index contributed by atoms with van der Waals surface area (Å²) in [6, 6.07) is 13.0. The normalized spacial score (nSPS) is 11.6. The average molecular weight is 288 g/mol. The van der Waals surface area contributed by atoms with E-state index >= 15 is 0 Å². The number of aromatic nitrogens is 2. The van der Waals surface area contributed by atoms with Gasteiger partial charge in [-0.2, -0.15) is 5.10 Å². The Kier molecular flexibility index (Phi) is 2.83. The van der Waals surface area contributed by atoms with Crippen LogP contribution in [0.5, 0.6) is 0 Å². The molecule has 3 aromatic rings. The van der Waals surface area contributed by atoms with Crippen LogP contribution >= 0.6 is 0 Å². The number of sulfonamides is 1. The fourth-order valence-electron chi connectivity index (χ4n) is 1.96. The van der Waals surface area contributed by atoms with E-state index in [2.05, 4.69) is 14.9 Å². The lowest BCUT2D eigenvalue weighted by Gasteiger charge is -2.08. The molecular formula is C13H12N4O2S. The van der Waals surface area contributed by atoms with Gasteiger partial charge in [-0.25, -0.2) is 8.42 Å². The molecule has 0 bridgehead atoms. The number of nitrogen functional groups attached to an aromatic ring is 1. The third-order valence-electron chi connectivity index (χ3n) is 2.92. The Balaban J connectivity index is 1.99. The Labute approximate surface area is 115 Å². The van der Waals surface area contributed by atoms with Crippen LogP contribution in [0.3, 0.4) is 0 Å². The van der Waals surface area contributed by atoms with Crippen LogP contribution in [0.25, 0.3) is 10.8 Å².